The first-order valence-electron chi connectivity index (χ1n) is 7.07. The number of amides is 1. The molecule has 1 N–H and O–H groups in total. The molecule has 0 aliphatic rings. The number of halogens is 3. The molecule has 0 unspecified atom stereocenters. The number of fused-ring (bicyclic) bond motifs is 1. The van der Waals surface area contributed by atoms with Gasteiger partial charge in [0.15, 0.2) is 0 Å². The third kappa shape index (κ3) is 4.57. The van der Waals surface area contributed by atoms with E-state index in [4.69, 9.17) is 0 Å². The fourth-order valence-corrected chi connectivity index (χ4v) is 2.67. The average molecular weight is 343 g/mol. The molecule has 4 nitrogen and oxygen atoms in total. The summed E-state index contributed by atoms with van der Waals surface area (Å²) in [5.41, 5.74) is 0.208. The Labute approximate surface area is 135 Å². The molecule has 1 heterocycles. The fourth-order valence-electron chi connectivity index (χ4n) is 1.84. The highest BCUT2D eigenvalue weighted by Crippen LogP contribution is 2.31. The van der Waals surface area contributed by atoms with Gasteiger partial charge in [0.05, 0.1) is 11.3 Å². The van der Waals surface area contributed by atoms with Crippen LogP contribution in [-0.4, -0.2) is 27.7 Å². The van der Waals surface area contributed by atoms with Gasteiger partial charge in [-0.15, -0.1) is 0 Å². The second-order valence-corrected chi connectivity index (χ2v) is 6.00. The van der Waals surface area contributed by atoms with Crippen molar-refractivity contribution in [2.75, 3.05) is 5.75 Å². The number of para-hydroxylation sites is 1. The summed E-state index contributed by atoms with van der Waals surface area (Å²) >= 11 is 0.978. The zero-order chi connectivity index (χ0) is 17.0. The Morgan fingerprint density at radius 1 is 1.30 bits per heavy atom. The molecule has 0 spiro atoms. The van der Waals surface area contributed by atoms with Gasteiger partial charge < -0.3 is 5.32 Å². The summed E-state index contributed by atoms with van der Waals surface area (Å²) in [6, 6.07) is 6.47. The maximum Gasteiger partial charge on any atom is 0.451 e. The first kappa shape index (κ1) is 17.5. The van der Waals surface area contributed by atoms with E-state index in [-0.39, 0.29) is 28.2 Å². The van der Waals surface area contributed by atoms with E-state index in [0.717, 1.165) is 18.2 Å². The number of hydrogen-bond acceptors (Lipinski definition) is 4. The summed E-state index contributed by atoms with van der Waals surface area (Å²) in [4.78, 5) is 18.9. The Bertz CT molecular complexity index is 706. The van der Waals surface area contributed by atoms with Crippen LogP contribution in [0.25, 0.3) is 10.9 Å². The van der Waals surface area contributed by atoms with Crippen LogP contribution in [0, 0.1) is 0 Å². The van der Waals surface area contributed by atoms with Crippen molar-refractivity contribution in [3.8, 4) is 0 Å². The lowest BCUT2D eigenvalue weighted by molar-refractivity contribution is -0.145. The molecule has 23 heavy (non-hydrogen) atoms. The number of alkyl halides is 3. The maximum atomic E-state index is 12.9. The molecular formula is C15H16F3N3OS. The van der Waals surface area contributed by atoms with Crippen LogP contribution < -0.4 is 5.32 Å². The summed E-state index contributed by atoms with van der Waals surface area (Å²) in [5.74, 6) is -1.43. The lowest BCUT2D eigenvalue weighted by Gasteiger charge is -2.12. The quantitative estimate of drug-likeness (QED) is 0.665. The van der Waals surface area contributed by atoms with Crippen molar-refractivity contribution in [1.82, 2.24) is 15.3 Å². The van der Waals surface area contributed by atoms with E-state index >= 15 is 0 Å². The molecule has 2 aromatic rings. The molecule has 1 aromatic carbocycles. The molecule has 0 fully saturated rings. The summed E-state index contributed by atoms with van der Waals surface area (Å²) in [6.45, 7) is 3.80. The fraction of sp³-hybridized carbons (Fsp3) is 0.400. The second kappa shape index (κ2) is 7.16. The van der Waals surface area contributed by atoms with Crippen LogP contribution >= 0.6 is 11.8 Å². The van der Waals surface area contributed by atoms with Gasteiger partial charge in [-0.3, -0.25) is 4.79 Å². The van der Waals surface area contributed by atoms with Crippen molar-refractivity contribution >= 4 is 28.6 Å². The Hall–Kier alpha value is -1.83. The van der Waals surface area contributed by atoms with E-state index in [9.17, 15) is 18.0 Å². The number of nitrogens with one attached hydrogen (secondary N) is 1. The Balaban J connectivity index is 2.26. The first-order chi connectivity index (χ1) is 10.8. The molecule has 1 amide bonds. The predicted molar refractivity (Wildman–Crippen MR) is 83.2 cm³/mol. The van der Waals surface area contributed by atoms with Crippen molar-refractivity contribution in [3.63, 3.8) is 0 Å². The molecule has 124 valence electrons. The zero-order valence-corrected chi connectivity index (χ0v) is 13.5. The van der Waals surface area contributed by atoms with Gasteiger partial charge in [0.2, 0.25) is 11.7 Å². The summed E-state index contributed by atoms with van der Waals surface area (Å²) in [5, 5.41) is 3.42. The summed E-state index contributed by atoms with van der Waals surface area (Å²) in [6.07, 6.45) is -3.84. The number of carbonyl (C=O) groups excluding carboxylic acids is 1. The summed E-state index contributed by atoms with van der Waals surface area (Å²) in [7, 11) is 0. The number of thioether (sulfide) groups is 1. The number of carbonyl (C=O) groups is 1. The normalized spacial score (nSPS) is 13.1. The molecule has 0 saturated carbocycles. The standard InChI is InChI=1S/C15H16F3N3OS/c1-3-9(2)19-12(22)8-23-13-10-6-4-5-7-11(10)20-14(21-13)15(16,17)18/h4-7,9H,3,8H2,1-2H3,(H,19,22)/t9-/m0/s1. The van der Waals surface area contributed by atoms with Crippen molar-refractivity contribution in [2.45, 2.75) is 37.5 Å². The van der Waals surface area contributed by atoms with E-state index < -0.39 is 12.0 Å². The van der Waals surface area contributed by atoms with Gasteiger partial charge >= 0.3 is 6.18 Å². The minimum atomic E-state index is -4.63. The first-order valence-corrected chi connectivity index (χ1v) is 8.06. The van der Waals surface area contributed by atoms with E-state index in [1.54, 1.807) is 18.2 Å². The maximum absolute atomic E-state index is 12.9. The van der Waals surface area contributed by atoms with Crippen LogP contribution in [0.15, 0.2) is 29.3 Å². The topological polar surface area (TPSA) is 54.9 Å². The number of nitrogens with zero attached hydrogens (tertiary/aromatic N) is 2. The number of rotatable bonds is 5. The summed E-state index contributed by atoms with van der Waals surface area (Å²) < 4.78 is 38.7. The van der Waals surface area contributed by atoms with Crippen LogP contribution in [-0.2, 0) is 11.0 Å². The van der Waals surface area contributed by atoms with Crippen molar-refractivity contribution < 1.29 is 18.0 Å². The molecule has 1 atom stereocenters. The molecule has 0 bridgehead atoms. The lowest BCUT2D eigenvalue weighted by Crippen LogP contribution is -2.33. The molecule has 8 heteroatoms. The van der Waals surface area contributed by atoms with Crippen LogP contribution in [0.1, 0.15) is 26.1 Å². The highest BCUT2D eigenvalue weighted by atomic mass is 32.2. The number of aromatic nitrogens is 2. The molecule has 2 rings (SSSR count). The zero-order valence-electron chi connectivity index (χ0n) is 12.6. The molecule has 0 aliphatic carbocycles. The predicted octanol–water partition coefficient (Wildman–Crippen LogP) is 3.66. The molecule has 0 aliphatic heterocycles. The number of benzene rings is 1. The monoisotopic (exact) mass is 343 g/mol. The van der Waals surface area contributed by atoms with Crippen LogP contribution in [0.2, 0.25) is 0 Å². The van der Waals surface area contributed by atoms with E-state index in [1.165, 1.54) is 6.07 Å². The van der Waals surface area contributed by atoms with Gasteiger partial charge in [-0.05, 0) is 19.4 Å². The van der Waals surface area contributed by atoms with Crippen molar-refractivity contribution in [1.29, 1.82) is 0 Å². The molecule has 0 radical (unpaired) electrons. The van der Waals surface area contributed by atoms with E-state index in [0.29, 0.717) is 5.39 Å². The van der Waals surface area contributed by atoms with Crippen molar-refractivity contribution in [3.05, 3.63) is 30.1 Å². The van der Waals surface area contributed by atoms with Gasteiger partial charge in [0.25, 0.3) is 0 Å². The third-order valence-electron chi connectivity index (χ3n) is 3.18. The van der Waals surface area contributed by atoms with Gasteiger partial charge in [0.1, 0.15) is 5.03 Å². The lowest BCUT2D eigenvalue weighted by atomic mass is 10.2. The highest BCUT2D eigenvalue weighted by Gasteiger charge is 2.35. The minimum Gasteiger partial charge on any atom is -0.353 e. The SMILES string of the molecule is CC[C@H](C)NC(=O)CSc1nc(C(F)(F)F)nc2ccccc12. The smallest absolute Gasteiger partial charge is 0.353 e. The largest absolute Gasteiger partial charge is 0.451 e. The minimum absolute atomic E-state index is 0.00262. The molecule has 0 saturated heterocycles. The van der Waals surface area contributed by atoms with Gasteiger partial charge in [-0.25, -0.2) is 9.97 Å². The second-order valence-electron chi connectivity index (χ2n) is 5.03. The van der Waals surface area contributed by atoms with Gasteiger partial charge in [-0.1, -0.05) is 36.9 Å². The Morgan fingerprint density at radius 2 is 2.00 bits per heavy atom. The van der Waals surface area contributed by atoms with Gasteiger partial charge in [-0.2, -0.15) is 13.2 Å². The number of hydrogen-bond donors (Lipinski definition) is 1. The van der Waals surface area contributed by atoms with Crippen LogP contribution in [0.5, 0.6) is 0 Å². The molecule has 1 aromatic heterocycles. The highest BCUT2D eigenvalue weighted by molar-refractivity contribution is 8.00. The van der Waals surface area contributed by atoms with Crippen LogP contribution in [0.3, 0.4) is 0 Å². The van der Waals surface area contributed by atoms with Gasteiger partial charge in [0, 0.05) is 11.4 Å². The van der Waals surface area contributed by atoms with Crippen molar-refractivity contribution in [2.24, 2.45) is 0 Å². The average Bonchev–Trinajstić information content (AvgIpc) is 2.51. The Kier molecular flexibility index (Phi) is 5.46. The third-order valence-corrected chi connectivity index (χ3v) is 4.17. The Morgan fingerprint density at radius 3 is 2.65 bits per heavy atom. The van der Waals surface area contributed by atoms with E-state index in [1.807, 2.05) is 13.8 Å². The van der Waals surface area contributed by atoms with Crippen LogP contribution in [0.4, 0.5) is 13.2 Å². The molecular weight excluding hydrogens is 327 g/mol. The van der Waals surface area contributed by atoms with E-state index in [2.05, 4.69) is 15.3 Å².